The number of carbonyl (C=O) groups excluding carboxylic acids is 1. The van der Waals surface area contributed by atoms with Gasteiger partial charge in [-0.3, -0.25) is 9.59 Å². The third-order valence-electron chi connectivity index (χ3n) is 4.24. The summed E-state index contributed by atoms with van der Waals surface area (Å²) >= 11 is 1.15. The molecule has 0 spiro atoms. The normalized spacial score (nSPS) is 14.7. The molecule has 1 atom stereocenters. The number of amides is 1. The molecular formula is C19H18FNO3S. The van der Waals surface area contributed by atoms with Crippen molar-refractivity contribution >= 4 is 23.6 Å². The number of carboxylic acids is 1. The summed E-state index contributed by atoms with van der Waals surface area (Å²) in [6.07, 6.45) is 0.683. The molecule has 0 saturated heterocycles. The summed E-state index contributed by atoms with van der Waals surface area (Å²) in [6, 6.07) is 11.7. The zero-order chi connectivity index (χ0) is 18.0. The van der Waals surface area contributed by atoms with Gasteiger partial charge in [-0.15, -0.1) is 11.8 Å². The lowest BCUT2D eigenvalue weighted by molar-refractivity contribution is -0.136. The van der Waals surface area contributed by atoms with Gasteiger partial charge in [-0.25, -0.2) is 4.39 Å². The molecule has 0 aromatic heterocycles. The Morgan fingerprint density at radius 1 is 1.20 bits per heavy atom. The van der Waals surface area contributed by atoms with Crippen LogP contribution in [0.3, 0.4) is 0 Å². The molecule has 1 amide bonds. The Morgan fingerprint density at radius 3 is 2.72 bits per heavy atom. The second-order valence-corrected chi connectivity index (χ2v) is 7.37. The largest absolute Gasteiger partial charge is 0.480 e. The predicted molar refractivity (Wildman–Crippen MR) is 94.2 cm³/mol. The third kappa shape index (κ3) is 3.85. The smallest absolute Gasteiger partial charge is 0.316 e. The summed E-state index contributed by atoms with van der Waals surface area (Å²) in [5.41, 5.74) is 2.37. The second kappa shape index (κ2) is 7.27. The Hall–Kier alpha value is -2.34. The molecule has 130 valence electrons. The van der Waals surface area contributed by atoms with Crippen LogP contribution < -0.4 is 0 Å². The monoisotopic (exact) mass is 359 g/mol. The van der Waals surface area contributed by atoms with Crippen LogP contribution in [0.2, 0.25) is 0 Å². The fraction of sp³-hybridized carbons (Fsp3) is 0.263. The summed E-state index contributed by atoms with van der Waals surface area (Å²) in [7, 11) is 0. The van der Waals surface area contributed by atoms with Crippen LogP contribution in [0.1, 0.15) is 28.4 Å². The van der Waals surface area contributed by atoms with Gasteiger partial charge >= 0.3 is 5.97 Å². The van der Waals surface area contributed by atoms with Crippen molar-refractivity contribution in [2.24, 2.45) is 0 Å². The van der Waals surface area contributed by atoms with Crippen LogP contribution in [0, 0.1) is 5.82 Å². The molecule has 0 bridgehead atoms. The molecule has 2 aromatic rings. The number of hydrogen-bond acceptors (Lipinski definition) is 3. The van der Waals surface area contributed by atoms with E-state index in [1.807, 2.05) is 0 Å². The first-order valence-corrected chi connectivity index (χ1v) is 8.88. The molecule has 1 unspecified atom stereocenters. The number of aliphatic carboxylic acids is 1. The van der Waals surface area contributed by atoms with Gasteiger partial charge in [0.05, 0.1) is 5.56 Å². The van der Waals surface area contributed by atoms with Crippen molar-refractivity contribution in [3.05, 3.63) is 65.0 Å². The van der Waals surface area contributed by atoms with Gasteiger partial charge in [-0.05, 0) is 48.7 Å². The molecule has 1 aliphatic heterocycles. The maximum Gasteiger partial charge on any atom is 0.316 e. The van der Waals surface area contributed by atoms with Crippen molar-refractivity contribution in [2.45, 2.75) is 30.0 Å². The minimum absolute atomic E-state index is 0.157. The first-order valence-electron chi connectivity index (χ1n) is 8.01. The van der Waals surface area contributed by atoms with Gasteiger partial charge in [0.2, 0.25) is 0 Å². The Morgan fingerprint density at radius 2 is 1.96 bits per heavy atom. The summed E-state index contributed by atoms with van der Waals surface area (Å²) in [6.45, 7) is 2.51. The van der Waals surface area contributed by atoms with Crippen molar-refractivity contribution < 1.29 is 19.1 Å². The zero-order valence-corrected chi connectivity index (χ0v) is 14.6. The van der Waals surface area contributed by atoms with E-state index in [9.17, 15) is 14.0 Å². The van der Waals surface area contributed by atoms with Gasteiger partial charge < -0.3 is 10.0 Å². The van der Waals surface area contributed by atoms with Crippen LogP contribution in [0.15, 0.2) is 47.4 Å². The molecule has 0 saturated carbocycles. The Balaban J connectivity index is 1.83. The number of fused-ring (bicyclic) bond motifs is 1. The highest BCUT2D eigenvalue weighted by molar-refractivity contribution is 8.00. The Labute approximate surface area is 149 Å². The Kier molecular flexibility index (Phi) is 5.08. The summed E-state index contributed by atoms with van der Waals surface area (Å²) in [5.74, 6) is -1.38. The van der Waals surface area contributed by atoms with E-state index in [4.69, 9.17) is 5.11 Å². The number of halogens is 1. The van der Waals surface area contributed by atoms with Gasteiger partial charge in [0.15, 0.2) is 0 Å². The van der Waals surface area contributed by atoms with E-state index in [2.05, 4.69) is 0 Å². The molecule has 0 radical (unpaired) electrons. The van der Waals surface area contributed by atoms with Crippen molar-refractivity contribution in [1.82, 2.24) is 4.90 Å². The number of carboxylic acid groups (broad SMARTS) is 1. The maximum atomic E-state index is 13.5. The lowest BCUT2D eigenvalue weighted by Gasteiger charge is -2.29. The molecule has 25 heavy (non-hydrogen) atoms. The molecule has 1 aliphatic rings. The van der Waals surface area contributed by atoms with E-state index >= 15 is 0 Å². The molecule has 1 N–H and O–H groups in total. The maximum absolute atomic E-state index is 13.5. The summed E-state index contributed by atoms with van der Waals surface area (Å²) < 4.78 is 13.5. The quantitative estimate of drug-likeness (QED) is 0.848. The van der Waals surface area contributed by atoms with Crippen LogP contribution in [0.25, 0.3) is 0 Å². The van der Waals surface area contributed by atoms with Gasteiger partial charge in [0.1, 0.15) is 11.1 Å². The van der Waals surface area contributed by atoms with E-state index in [-0.39, 0.29) is 11.7 Å². The van der Waals surface area contributed by atoms with Gasteiger partial charge in [-0.2, -0.15) is 0 Å². The lowest BCUT2D eigenvalue weighted by Crippen LogP contribution is -2.36. The SMILES string of the molecule is CC(Sc1ccccc1C(=O)N1CCc2ccc(F)cc2C1)C(=O)O. The first-order chi connectivity index (χ1) is 12.0. The average molecular weight is 359 g/mol. The second-order valence-electron chi connectivity index (χ2n) is 5.98. The number of carbonyl (C=O) groups is 2. The molecule has 3 rings (SSSR count). The van der Waals surface area contributed by atoms with E-state index < -0.39 is 11.2 Å². The number of hydrogen-bond donors (Lipinski definition) is 1. The van der Waals surface area contributed by atoms with Crippen LogP contribution in [0.5, 0.6) is 0 Å². The Bertz CT molecular complexity index is 824. The molecule has 1 heterocycles. The van der Waals surface area contributed by atoms with Gasteiger partial charge in [0, 0.05) is 18.0 Å². The van der Waals surface area contributed by atoms with Crippen molar-refractivity contribution in [1.29, 1.82) is 0 Å². The van der Waals surface area contributed by atoms with E-state index in [0.29, 0.717) is 30.0 Å². The number of benzene rings is 2. The van der Waals surface area contributed by atoms with Crippen LogP contribution in [-0.2, 0) is 17.8 Å². The number of rotatable bonds is 4. The third-order valence-corrected chi connectivity index (χ3v) is 5.40. The highest BCUT2D eigenvalue weighted by Gasteiger charge is 2.25. The molecule has 2 aromatic carbocycles. The summed E-state index contributed by atoms with van der Waals surface area (Å²) in [5, 5.41) is 8.46. The van der Waals surface area contributed by atoms with Crippen molar-refractivity contribution in [3.8, 4) is 0 Å². The first kappa shape index (κ1) is 17.5. The lowest BCUT2D eigenvalue weighted by atomic mass is 9.99. The topological polar surface area (TPSA) is 57.6 Å². The molecule has 6 heteroatoms. The minimum Gasteiger partial charge on any atom is -0.480 e. The van der Waals surface area contributed by atoms with Crippen LogP contribution >= 0.6 is 11.8 Å². The minimum atomic E-state index is -0.922. The van der Waals surface area contributed by atoms with Gasteiger partial charge in [-0.1, -0.05) is 18.2 Å². The number of thioether (sulfide) groups is 1. The summed E-state index contributed by atoms with van der Waals surface area (Å²) in [4.78, 5) is 26.4. The molecule has 4 nitrogen and oxygen atoms in total. The highest BCUT2D eigenvalue weighted by atomic mass is 32.2. The highest BCUT2D eigenvalue weighted by Crippen LogP contribution is 2.29. The van der Waals surface area contributed by atoms with E-state index in [1.54, 1.807) is 42.2 Å². The molecule has 0 aliphatic carbocycles. The van der Waals surface area contributed by atoms with Crippen LogP contribution in [-0.4, -0.2) is 33.7 Å². The van der Waals surface area contributed by atoms with Crippen LogP contribution in [0.4, 0.5) is 4.39 Å². The number of nitrogens with zero attached hydrogens (tertiary/aromatic N) is 1. The standard InChI is InChI=1S/C19H18FNO3S/c1-12(19(23)24)25-17-5-3-2-4-16(17)18(22)21-9-8-13-6-7-15(20)10-14(13)11-21/h2-7,10,12H,8-9,11H2,1H3,(H,23,24). The predicted octanol–water partition coefficient (Wildman–Crippen LogP) is 3.59. The van der Waals surface area contributed by atoms with E-state index in [1.165, 1.54) is 12.1 Å². The zero-order valence-electron chi connectivity index (χ0n) is 13.7. The van der Waals surface area contributed by atoms with Gasteiger partial charge in [0.25, 0.3) is 5.91 Å². The average Bonchev–Trinajstić information content (AvgIpc) is 2.60. The van der Waals surface area contributed by atoms with Crippen molar-refractivity contribution in [3.63, 3.8) is 0 Å². The molecular weight excluding hydrogens is 341 g/mol. The van der Waals surface area contributed by atoms with Crippen molar-refractivity contribution in [2.75, 3.05) is 6.54 Å². The molecule has 0 fully saturated rings. The fourth-order valence-electron chi connectivity index (χ4n) is 2.86. The van der Waals surface area contributed by atoms with E-state index in [0.717, 1.165) is 22.9 Å². The fourth-order valence-corrected chi connectivity index (χ4v) is 3.78.